The van der Waals surface area contributed by atoms with Gasteiger partial charge in [-0.25, -0.2) is 0 Å². The summed E-state index contributed by atoms with van der Waals surface area (Å²) in [5, 5.41) is 6.69. The molecule has 100 valence electrons. The average molecular weight is 240 g/mol. The lowest BCUT2D eigenvalue weighted by atomic mass is 10.1. The van der Waals surface area contributed by atoms with E-state index in [2.05, 4.69) is 41.3 Å². The third-order valence-corrected chi connectivity index (χ3v) is 3.04. The molecule has 0 aliphatic carbocycles. The van der Waals surface area contributed by atoms with Crippen LogP contribution in [0.5, 0.6) is 0 Å². The number of nitrogens with zero attached hydrogens (tertiary/aromatic N) is 2. The largest absolute Gasteiger partial charge is 0.356 e. The van der Waals surface area contributed by atoms with E-state index in [9.17, 15) is 0 Å². The Hall–Kier alpha value is -0.770. The molecule has 0 saturated carbocycles. The highest BCUT2D eigenvalue weighted by atomic mass is 15.2. The van der Waals surface area contributed by atoms with Gasteiger partial charge in [0, 0.05) is 26.2 Å². The van der Waals surface area contributed by atoms with Gasteiger partial charge in [0.05, 0.1) is 0 Å². The first-order chi connectivity index (χ1) is 8.11. The number of guanidine groups is 1. The van der Waals surface area contributed by atoms with Crippen molar-refractivity contribution in [3.05, 3.63) is 0 Å². The van der Waals surface area contributed by atoms with E-state index in [0.29, 0.717) is 12.0 Å². The number of rotatable bonds is 5. The maximum Gasteiger partial charge on any atom is 0.191 e. The molecule has 1 aliphatic heterocycles. The predicted octanol–water partition coefficient (Wildman–Crippen LogP) is 1.29. The van der Waals surface area contributed by atoms with Gasteiger partial charge in [-0.15, -0.1) is 0 Å². The SMILES string of the molecule is CN=C(NCC(C)CN1CCCC1)NC(C)C. The third-order valence-electron chi connectivity index (χ3n) is 3.04. The van der Waals surface area contributed by atoms with Crippen LogP contribution in [0.3, 0.4) is 0 Å². The molecule has 1 rings (SSSR count). The Morgan fingerprint density at radius 3 is 2.41 bits per heavy atom. The minimum absolute atomic E-state index is 0.426. The Balaban J connectivity index is 2.19. The molecule has 0 amide bonds. The predicted molar refractivity (Wildman–Crippen MR) is 74.5 cm³/mol. The molecule has 1 fully saturated rings. The first-order valence-electron chi connectivity index (χ1n) is 6.81. The topological polar surface area (TPSA) is 39.7 Å². The third kappa shape index (κ3) is 5.91. The van der Waals surface area contributed by atoms with Crippen LogP contribution in [0.15, 0.2) is 4.99 Å². The highest BCUT2D eigenvalue weighted by molar-refractivity contribution is 5.79. The second kappa shape index (κ2) is 7.54. The molecule has 4 heteroatoms. The summed E-state index contributed by atoms with van der Waals surface area (Å²) in [4.78, 5) is 6.77. The standard InChI is InChI=1S/C13H28N4/c1-11(2)16-13(14-4)15-9-12(3)10-17-7-5-6-8-17/h11-12H,5-10H2,1-4H3,(H2,14,15,16). The van der Waals surface area contributed by atoms with Gasteiger partial charge in [0.2, 0.25) is 0 Å². The van der Waals surface area contributed by atoms with Gasteiger partial charge in [-0.3, -0.25) is 4.99 Å². The van der Waals surface area contributed by atoms with Crippen LogP contribution in [0.25, 0.3) is 0 Å². The van der Waals surface area contributed by atoms with Crippen molar-refractivity contribution in [2.75, 3.05) is 33.2 Å². The molecule has 1 unspecified atom stereocenters. The van der Waals surface area contributed by atoms with Crippen molar-refractivity contribution in [1.29, 1.82) is 0 Å². The van der Waals surface area contributed by atoms with Crippen LogP contribution in [0.4, 0.5) is 0 Å². The van der Waals surface area contributed by atoms with E-state index in [1.165, 1.54) is 32.5 Å². The molecule has 0 spiro atoms. The van der Waals surface area contributed by atoms with Gasteiger partial charge in [-0.1, -0.05) is 6.92 Å². The van der Waals surface area contributed by atoms with Crippen LogP contribution in [0.2, 0.25) is 0 Å². The molecule has 2 N–H and O–H groups in total. The van der Waals surface area contributed by atoms with Gasteiger partial charge in [0.15, 0.2) is 5.96 Å². The van der Waals surface area contributed by atoms with Crippen LogP contribution < -0.4 is 10.6 Å². The first-order valence-corrected chi connectivity index (χ1v) is 6.81. The fourth-order valence-electron chi connectivity index (χ4n) is 2.21. The Bertz CT molecular complexity index is 232. The Labute approximate surface area is 106 Å². The van der Waals surface area contributed by atoms with Crippen LogP contribution in [-0.4, -0.2) is 50.1 Å². The van der Waals surface area contributed by atoms with Crippen molar-refractivity contribution in [2.45, 2.75) is 39.7 Å². The smallest absolute Gasteiger partial charge is 0.191 e. The molecule has 0 radical (unpaired) electrons. The normalized spacial score (nSPS) is 19.7. The summed E-state index contributed by atoms with van der Waals surface area (Å²) in [5.41, 5.74) is 0. The molecule has 0 bridgehead atoms. The van der Waals surface area contributed by atoms with Crippen LogP contribution in [0.1, 0.15) is 33.6 Å². The minimum Gasteiger partial charge on any atom is -0.356 e. The second-order valence-electron chi connectivity index (χ2n) is 5.37. The zero-order valence-electron chi connectivity index (χ0n) is 11.8. The molecule has 1 saturated heterocycles. The summed E-state index contributed by atoms with van der Waals surface area (Å²) in [6.07, 6.45) is 2.74. The molecule has 0 aromatic rings. The highest BCUT2D eigenvalue weighted by Crippen LogP contribution is 2.09. The van der Waals surface area contributed by atoms with Crippen molar-refractivity contribution in [1.82, 2.24) is 15.5 Å². The number of hydrogen-bond donors (Lipinski definition) is 2. The first kappa shape index (κ1) is 14.3. The lowest BCUT2D eigenvalue weighted by Crippen LogP contribution is -2.43. The van der Waals surface area contributed by atoms with Crippen molar-refractivity contribution in [2.24, 2.45) is 10.9 Å². The lowest BCUT2D eigenvalue weighted by Gasteiger charge is -2.22. The number of likely N-dealkylation sites (tertiary alicyclic amines) is 1. The molecular formula is C13H28N4. The zero-order chi connectivity index (χ0) is 12.7. The summed E-state index contributed by atoms with van der Waals surface area (Å²) in [7, 11) is 1.82. The second-order valence-corrected chi connectivity index (χ2v) is 5.37. The Kier molecular flexibility index (Phi) is 6.34. The van der Waals surface area contributed by atoms with Gasteiger partial charge < -0.3 is 15.5 Å². The van der Waals surface area contributed by atoms with Gasteiger partial charge in [-0.05, 0) is 45.7 Å². The highest BCUT2D eigenvalue weighted by Gasteiger charge is 2.14. The Morgan fingerprint density at radius 1 is 1.24 bits per heavy atom. The van der Waals surface area contributed by atoms with E-state index >= 15 is 0 Å². The summed E-state index contributed by atoms with van der Waals surface area (Å²) >= 11 is 0. The molecule has 1 aliphatic rings. The quantitative estimate of drug-likeness (QED) is 0.562. The van der Waals surface area contributed by atoms with E-state index in [-0.39, 0.29) is 0 Å². The molecular weight excluding hydrogens is 212 g/mol. The maximum absolute atomic E-state index is 4.21. The molecule has 0 aromatic heterocycles. The summed E-state index contributed by atoms with van der Waals surface area (Å²) in [5.74, 6) is 1.58. The van der Waals surface area contributed by atoms with Gasteiger partial charge in [0.25, 0.3) is 0 Å². The van der Waals surface area contributed by atoms with Crippen molar-refractivity contribution in [3.63, 3.8) is 0 Å². The molecule has 1 atom stereocenters. The van der Waals surface area contributed by atoms with Gasteiger partial charge in [0.1, 0.15) is 0 Å². The van der Waals surface area contributed by atoms with Crippen molar-refractivity contribution in [3.8, 4) is 0 Å². The fourth-order valence-corrected chi connectivity index (χ4v) is 2.21. The minimum atomic E-state index is 0.426. The van der Waals surface area contributed by atoms with Crippen molar-refractivity contribution >= 4 is 5.96 Å². The maximum atomic E-state index is 4.21. The fraction of sp³-hybridized carbons (Fsp3) is 0.923. The average Bonchev–Trinajstić information content (AvgIpc) is 2.76. The summed E-state index contributed by atoms with van der Waals surface area (Å²) in [6, 6.07) is 0.426. The molecule has 4 nitrogen and oxygen atoms in total. The monoisotopic (exact) mass is 240 g/mol. The Morgan fingerprint density at radius 2 is 1.88 bits per heavy atom. The van der Waals surface area contributed by atoms with E-state index in [1.807, 2.05) is 7.05 Å². The molecule has 1 heterocycles. The molecule has 17 heavy (non-hydrogen) atoms. The zero-order valence-corrected chi connectivity index (χ0v) is 11.8. The van der Waals surface area contributed by atoms with E-state index in [0.717, 1.165) is 12.5 Å². The van der Waals surface area contributed by atoms with E-state index in [4.69, 9.17) is 0 Å². The summed E-state index contributed by atoms with van der Waals surface area (Å²) in [6.45, 7) is 11.3. The number of aliphatic imine (C=N–C) groups is 1. The lowest BCUT2D eigenvalue weighted by molar-refractivity contribution is 0.287. The van der Waals surface area contributed by atoms with Crippen LogP contribution in [-0.2, 0) is 0 Å². The summed E-state index contributed by atoms with van der Waals surface area (Å²) < 4.78 is 0. The van der Waals surface area contributed by atoms with E-state index in [1.54, 1.807) is 0 Å². The van der Waals surface area contributed by atoms with Gasteiger partial charge in [-0.2, -0.15) is 0 Å². The van der Waals surface area contributed by atoms with Crippen molar-refractivity contribution < 1.29 is 0 Å². The van der Waals surface area contributed by atoms with Crippen LogP contribution in [0, 0.1) is 5.92 Å². The number of nitrogens with one attached hydrogen (secondary N) is 2. The molecule has 0 aromatic carbocycles. The van der Waals surface area contributed by atoms with E-state index < -0.39 is 0 Å². The van der Waals surface area contributed by atoms with Crippen LogP contribution >= 0.6 is 0 Å². The number of hydrogen-bond acceptors (Lipinski definition) is 2. The van der Waals surface area contributed by atoms with Gasteiger partial charge >= 0.3 is 0 Å².